The molecule has 9 nitrogen and oxygen atoms in total. The van der Waals surface area contributed by atoms with Crippen LogP contribution in [0.1, 0.15) is 42.9 Å². The fourth-order valence-corrected chi connectivity index (χ4v) is 4.67. The Morgan fingerprint density at radius 2 is 2.03 bits per heavy atom. The van der Waals surface area contributed by atoms with E-state index in [4.69, 9.17) is 4.74 Å². The van der Waals surface area contributed by atoms with Crippen molar-refractivity contribution in [3.05, 3.63) is 52.8 Å². The molecule has 2 aliphatic rings. The molecule has 0 unspecified atom stereocenters. The SMILES string of the molecule is CC(=O)N1CCN(c2ccc(C=O)nc2)CC1.C[C@H](O)COCC1=CCCC=C1c1csc(NS)n1. The lowest BCUT2D eigenvalue weighted by molar-refractivity contribution is -0.129. The summed E-state index contributed by atoms with van der Waals surface area (Å²) in [4.78, 5) is 34.2. The zero-order valence-corrected chi connectivity index (χ0v) is 22.3. The second-order valence-electron chi connectivity index (χ2n) is 8.49. The van der Waals surface area contributed by atoms with Crippen LogP contribution in [-0.2, 0) is 9.53 Å². The number of hydrogen-bond acceptors (Lipinski definition) is 10. The minimum absolute atomic E-state index is 0.124. The first kappa shape index (κ1) is 27.9. The number of thiazole rings is 1. The number of carbonyl (C=O) groups excluding carboxylic acids is 2. The second-order valence-corrected chi connectivity index (χ2v) is 9.57. The second kappa shape index (κ2) is 14.1. The van der Waals surface area contributed by atoms with Crippen molar-refractivity contribution in [3.8, 4) is 0 Å². The molecule has 0 saturated carbocycles. The van der Waals surface area contributed by atoms with Crippen molar-refractivity contribution in [1.29, 1.82) is 0 Å². The Bertz CT molecular complexity index is 1060. The van der Waals surface area contributed by atoms with Gasteiger partial charge in [-0.3, -0.25) is 14.6 Å². The number of aliphatic hydroxyl groups excluding tert-OH is 1. The molecular formula is C25H33N5O4S2. The Morgan fingerprint density at radius 1 is 1.28 bits per heavy atom. The Kier molecular flexibility index (Phi) is 10.9. The first-order valence-corrected chi connectivity index (χ1v) is 13.2. The van der Waals surface area contributed by atoms with Gasteiger partial charge in [-0.25, -0.2) is 4.98 Å². The highest BCUT2D eigenvalue weighted by Crippen LogP contribution is 2.31. The number of aliphatic hydroxyl groups is 1. The van der Waals surface area contributed by atoms with Crippen LogP contribution in [0, 0.1) is 0 Å². The molecule has 1 aliphatic heterocycles. The summed E-state index contributed by atoms with van der Waals surface area (Å²) >= 11 is 5.53. The van der Waals surface area contributed by atoms with E-state index >= 15 is 0 Å². The number of nitrogens with one attached hydrogen (secondary N) is 1. The van der Waals surface area contributed by atoms with Crippen LogP contribution in [0.4, 0.5) is 10.8 Å². The van der Waals surface area contributed by atoms with E-state index in [1.807, 2.05) is 16.3 Å². The highest BCUT2D eigenvalue weighted by atomic mass is 32.1. The van der Waals surface area contributed by atoms with E-state index in [1.54, 1.807) is 26.1 Å². The van der Waals surface area contributed by atoms with Crippen molar-refractivity contribution >= 4 is 52.7 Å². The van der Waals surface area contributed by atoms with Gasteiger partial charge in [-0.1, -0.05) is 25.0 Å². The molecule has 0 bridgehead atoms. The number of aldehydes is 1. The summed E-state index contributed by atoms with van der Waals surface area (Å²) in [6.07, 6.45) is 8.43. The molecule has 2 aromatic rings. The number of amides is 1. The molecule has 3 heterocycles. The van der Waals surface area contributed by atoms with Gasteiger partial charge in [-0.15, -0.1) is 11.3 Å². The molecule has 2 N–H and O–H groups in total. The molecule has 194 valence electrons. The third-order valence-electron chi connectivity index (χ3n) is 5.73. The maximum atomic E-state index is 11.2. The van der Waals surface area contributed by atoms with Crippen molar-refractivity contribution in [2.75, 3.05) is 49.0 Å². The lowest BCUT2D eigenvalue weighted by Crippen LogP contribution is -2.48. The molecule has 1 fully saturated rings. The summed E-state index contributed by atoms with van der Waals surface area (Å²) < 4.78 is 8.26. The van der Waals surface area contributed by atoms with Crippen LogP contribution < -0.4 is 9.62 Å². The minimum atomic E-state index is -0.434. The first-order chi connectivity index (χ1) is 17.4. The van der Waals surface area contributed by atoms with E-state index < -0.39 is 6.10 Å². The Balaban J connectivity index is 0.000000202. The molecule has 0 spiro atoms. The molecule has 1 amide bonds. The van der Waals surface area contributed by atoms with Gasteiger partial charge in [0.25, 0.3) is 0 Å². The summed E-state index contributed by atoms with van der Waals surface area (Å²) in [5.74, 6) is 0.124. The van der Waals surface area contributed by atoms with Crippen molar-refractivity contribution in [3.63, 3.8) is 0 Å². The lowest BCUT2D eigenvalue weighted by atomic mass is 9.96. The lowest BCUT2D eigenvalue weighted by Gasteiger charge is -2.35. The van der Waals surface area contributed by atoms with Crippen LogP contribution in [0.5, 0.6) is 0 Å². The van der Waals surface area contributed by atoms with Gasteiger partial charge in [0.1, 0.15) is 5.69 Å². The topological polar surface area (TPSA) is 108 Å². The number of hydrogen-bond donors (Lipinski definition) is 3. The monoisotopic (exact) mass is 531 g/mol. The summed E-state index contributed by atoms with van der Waals surface area (Å²) in [5, 5.41) is 12.0. The van der Waals surface area contributed by atoms with Gasteiger partial charge in [-0.2, -0.15) is 0 Å². The Hall–Kier alpha value is -2.73. The van der Waals surface area contributed by atoms with E-state index in [-0.39, 0.29) is 5.91 Å². The smallest absolute Gasteiger partial charge is 0.219 e. The van der Waals surface area contributed by atoms with Crippen molar-refractivity contribution in [2.24, 2.45) is 0 Å². The van der Waals surface area contributed by atoms with Crippen molar-refractivity contribution < 1.29 is 19.4 Å². The van der Waals surface area contributed by atoms with Crippen LogP contribution in [-0.4, -0.2) is 77.7 Å². The van der Waals surface area contributed by atoms with E-state index in [1.165, 1.54) is 11.3 Å². The third kappa shape index (κ3) is 8.16. The van der Waals surface area contributed by atoms with Gasteiger partial charge in [0, 0.05) is 44.1 Å². The Morgan fingerprint density at radius 3 is 2.61 bits per heavy atom. The fraction of sp³-hybridized carbons (Fsp3) is 0.440. The number of anilines is 2. The average molecular weight is 532 g/mol. The number of carbonyl (C=O) groups is 2. The predicted molar refractivity (Wildman–Crippen MR) is 147 cm³/mol. The van der Waals surface area contributed by atoms with Gasteiger partial charge in [0.2, 0.25) is 5.91 Å². The summed E-state index contributed by atoms with van der Waals surface area (Å²) in [6.45, 7) is 7.27. The zero-order valence-electron chi connectivity index (χ0n) is 20.6. The standard InChI is InChI=1S/C13H18N2O2S2.C12H15N3O2/c1-9(16)6-17-7-10-4-2-3-5-11(10)12-8-19-13(14-12)15-18;1-10(17)14-4-6-15(7-5-14)12-3-2-11(9-16)13-8-12/h4-5,8-9,16,18H,2-3,6-7H2,1H3,(H,14,15);2-3,8-9H,4-7H2,1H3/t9-;/m0./s1. The molecule has 0 radical (unpaired) electrons. The number of piperazine rings is 1. The summed E-state index contributed by atoms with van der Waals surface area (Å²) in [7, 11) is 0. The summed E-state index contributed by atoms with van der Waals surface area (Å²) in [6, 6.07) is 3.60. The maximum Gasteiger partial charge on any atom is 0.219 e. The molecule has 1 saturated heterocycles. The van der Waals surface area contributed by atoms with Crippen LogP contribution in [0.2, 0.25) is 0 Å². The van der Waals surface area contributed by atoms with E-state index in [0.29, 0.717) is 18.9 Å². The number of allylic oxidation sites excluding steroid dienone is 2. The van der Waals surface area contributed by atoms with Gasteiger partial charge >= 0.3 is 0 Å². The molecule has 1 atom stereocenters. The van der Waals surface area contributed by atoms with Crippen LogP contribution in [0.25, 0.3) is 5.57 Å². The van der Waals surface area contributed by atoms with E-state index in [0.717, 1.165) is 73.0 Å². The van der Waals surface area contributed by atoms with Crippen LogP contribution in [0.15, 0.2) is 41.4 Å². The summed E-state index contributed by atoms with van der Waals surface area (Å²) in [5.41, 5.74) is 4.66. The number of pyridine rings is 1. The number of ether oxygens (including phenoxy) is 1. The molecular weight excluding hydrogens is 498 g/mol. The highest BCUT2D eigenvalue weighted by molar-refractivity contribution is 7.81. The quantitative estimate of drug-likeness (QED) is 0.351. The molecule has 1 aliphatic carbocycles. The largest absolute Gasteiger partial charge is 0.391 e. The predicted octanol–water partition coefficient (Wildman–Crippen LogP) is 3.46. The van der Waals surface area contributed by atoms with Gasteiger partial charge in [-0.05, 0) is 37.5 Å². The normalized spacial score (nSPS) is 16.3. The zero-order chi connectivity index (χ0) is 25.9. The average Bonchev–Trinajstić information content (AvgIpc) is 3.38. The molecule has 2 aromatic heterocycles. The van der Waals surface area contributed by atoms with E-state index in [9.17, 15) is 14.7 Å². The van der Waals surface area contributed by atoms with Gasteiger partial charge in [0.15, 0.2) is 11.4 Å². The number of nitrogens with zero attached hydrogens (tertiary/aromatic N) is 4. The Labute approximate surface area is 221 Å². The molecule has 0 aromatic carbocycles. The minimum Gasteiger partial charge on any atom is -0.391 e. The van der Waals surface area contributed by atoms with Gasteiger partial charge in [0.05, 0.1) is 36.9 Å². The molecule has 11 heteroatoms. The first-order valence-electron chi connectivity index (χ1n) is 11.8. The number of rotatable bonds is 8. The molecule has 36 heavy (non-hydrogen) atoms. The number of aromatic nitrogens is 2. The maximum absolute atomic E-state index is 11.2. The van der Waals surface area contributed by atoms with Crippen molar-refractivity contribution in [1.82, 2.24) is 14.9 Å². The third-order valence-corrected chi connectivity index (χ3v) is 6.85. The highest BCUT2D eigenvalue weighted by Gasteiger charge is 2.19. The van der Waals surface area contributed by atoms with Crippen LogP contribution in [0.3, 0.4) is 0 Å². The molecule has 4 rings (SSSR count). The van der Waals surface area contributed by atoms with Gasteiger partial charge < -0.3 is 24.4 Å². The number of thiol groups is 1. The fourth-order valence-electron chi connectivity index (χ4n) is 3.85. The van der Waals surface area contributed by atoms with Crippen molar-refractivity contribution in [2.45, 2.75) is 32.8 Å². The van der Waals surface area contributed by atoms with Crippen LogP contribution >= 0.6 is 24.2 Å². The van der Waals surface area contributed by atoms with E-state index in [2.05, 4.69) is 44.6 Å².